The molecule has 0 aliphatic carbocycles. The Morgan fingerprint density at radius 2 is 1.67 bits per heavy atom. The van der Waals surface area contributed by atoms with E-state index in [1.54, 1.807) is 0 Å². The molecule has 1 aromatic carbocycles. The van der Waals surface area contributed by atoms with E-state index in [2.05, 4.69) is 79.0 Å². The molecule has 100 valence electrons. The monoisotopic (exact) mass is 310 g/mol. The van der Waals surface area contributed by atoms with Crippen molar-refractivity contribution in [3.63, 3.8) is 0 Å². The van der Waals surface area contributed by atoms with Crippen molar-refractivity contribution in [3.05, 3.63) is 28.2 Å². The number of benzene rings is 1. The second kappa shape index (κ2) is 4.53. The number of anilines is 1. The second-order valence-corrected chi connectivity index (χ2v) is 7.54. The third-order valence-electron chi connectivity index (χ3n) is 3.36. The predicted octanol–water partition coefficient (Wildman–Crippen LogP) is 3.72. The first-order chi connectivity index (χ1) is 8.19. The van der Waals surface area contributed by atoms with Crippen LogP contribution in [0.5, 0.6) is 0 Å². The molecule has 0 radical (unpaired) electrons. The number of aryl methyl sites for hydroxylation is 1. The molecule has 0 aromatic heterocycles. The van der Waals surface area contributed by atoms with E-state index in [-0.39, 0.29) is 11.1 Å². The van der Waals surface area contributed by atoms with Gasteiger partial charge < -0.3 is 10.2 Å². The zero-order valence-electron chi connectivity index (χ0n) is 12.0. The van der Waals surface area contributed by atoms with Crippen molar-refractivity contribution in [2.45, 2.75) is 45.7 Å². The van der Waals surface area contributed by atoms with Crippen LogP contribution in [0.2, 0.25) is 0 Å². The summed E-state index contributed by atoms with van der Waals surface area (Å²) in [6.07, 6.45) is 0. The number of hydrogen-bond acceptors (Lipinski definition) is 2. The van der Waals surface area contributed by atoms with Gasteiger partial charge in [0.05, 0.1) is 0 Å². The topological polar surface area (TPSA) is 15.3 Å². The minimum absolute atomic E-state index is 0.142. The van der Waals surface area contributed by atoms with Crippen LogP contribution in [0.25, 0.3) is 0 Å². The second-order valence-electron chi connectivity index (χ2n) is 6.68. The lowest BCUT2D eigenvalue weighted by molar-refractivity contribution is 0.226. The van der Waals surface area contributed by atoms with Crippen LogP contribution in [0.15, 0.2) is 22.7 Å². The Labute approximate surface area is 119 Å². The Balaban J connectivity index is 2.29. The average Bonchev–Trinajstić information content (AvgIpc) is 2.17. The van der Waals surface area contributed by atoms with Crippen molar-refractivity contribution in [3.8, 4) is 0 Å². The first-order valence-electron chi connectivity index (χ1n) is 6.49. The SMILES string of the molecule is Cc1cc(N2CC(C)(C)NC(C)(C)C2)ccc1Br. The number of piperazine rings is 1. The molecular weight excluding hydrogens is 288 g/mol. The van der Waals surface area contributed by atoms with E-state index in [1.165, 1.54) is 15.7 Å². The van der Waals surface area contributed by atoms with Crippen LogP contribution in [-0.4, -0.2) is 24.2 Å². The van der Waals surface area contributed by atoms with Crippen LogP contribution >= 0.6 is 15.9 Å². The number of nitrogens with one attached hydrogen (secondary N) is 1. The summed E-state index contributed by atoms with van der Waals surface area (Å²) in [5.74, 6) is 0. The zero-order chi connectivity index (χ0) is 13.6. The molecule has 1 heterocycles. The van der Waals surface area contributed by atoms with Gasteiger partial charge in [-0.2, -0.15) is 0 Å². The Hall–Kier alpha value is -0.540. The maximum atomic E-state index is 3.71. The molecule has 1 aromatic rings. The molecule has 0 amide bonds. The molecule has 0 saturated carbocycles. The normalized spacial score (nSPS) is 22.0. The first kappa shape index (κ1) is 13.9. The fourth-order valence-corrected chi connectivity index (χ4v) is 3.26. The van der Waals surface area contributed by atoms with E-state index >= 15 is 0 Å². The fraction of sp³-hybridized carbons (Fsp3) is 0.600. The number of nitrogens with zero attached hydrogens (tertiary/aromatic N) is 1. The van der Waals surface area contributed by atoms with E-state index in [1.807, 2.05) is 0 Å². The summed E-state index contributed by atoms with van der Waals surface area (Å²) >= 11 is 3.57. The molecule has 1 fully saturated rings. The van der Waals surface area contributed by atoms with Crippen molar-refractivity contribution in [1.82, 2.24) is 5.32 Å². The predicted molar refractivity (Wildman–Crippen MR) is 82.4 cm³/mol. The van der Waals surface area contributed by atoms with Crippen molar-refractivity contribution >= 4 is 21.6 Å². The molecule has 0 spiro atoms. The third-order valence-corrected chi connectivity index (χ3v) is 4.25. The zero-order valence-corrected chi connectivity index (χ0v) is 13.6. The molecule has 2 nitrogen and oxygen atoms in total. The summed E-state index contributed by atoms with van der Waals surface area (Å²) in [6.45, 7) is 13.3. The Morgan fingerprint density at radius 3 is 2.17 bits per heavy atom. The van der Waals surface area contributed by atoms with Gasteiger partial charge in [0.15, 0.2) is 0 Å². The summed E-state index contributed by atoms with van der Waals surface area (Å²) in [6, 6.07) is 6.61. The average molecular weight is 311 g/mol. The van der Waals surface area contributed by atoms with Gasteiger partial charge >= 0.3 is 0 Å². The summed E-state index contributed by atoms with van der Waals surface area (Å²) in [5.41, 5.74) is 2.89. The molecule has 0 atom stereocenters. The van der Waals surface area contributed by atoms with Gasteiger partial charge in [-0.25, -0.2) is 0 Å². The van der Waals surface area contributed by atoms with E-state index in [0.29, 0.717) is 0 Å². The first-order valence-corrected chi connectivity index (χ1v) is 7.28. The van der Waals surface area contributed by atoms with E-state index in [9.17, 15) is 0 Å². The lowest BCUT2D eigenvalue weighted by Crippen LogP contribution is -2.66. The molecule has 3 heteroatoms. The van der Waals surface area contributed by atoms with Gasteiger partial charge in [-0.15, -0.1) is 0 Å². The maximum Gasteiger partial charge on any atom is 0.0370 e. The molecule has 2 rings (SSSR count). The molecule has 1 aliphatic rings. The van der Waals surface area contributed by atoms with E-state index in [4.69, 9.17) is 0 Å². The standard InChI is InChI=1S/C15H23BrN2/c1-11-8-12(6-7-13(11)16)18-9-14(2,3)17-15(4,5)10-18/h6-8,17H,9-10H2,1-5H3. The maximum absolute atomic E-state index is 3.71. The molecular formula is C15H23BrN2. The van der Waals surface area contributed by atoms with Crippen molar-refractivity contribution < 1.29 is 0 Å². The van der Waals surface area contributed by atoms with E-state index < -0.39 is 0 Å². The van der Waals surface area contributed by atoms with Gasteiger partial charge in [0.25, 0.3) is 0 Å². The summed E-state index contributed by atoms with van der Waals surface area (Å²) < 4.78 is 1.18. The van der Waals surface area contributed by atoms with Crippen molar-refractivity contribution in [2.24, 2.45) is 0 Å². The van der Waals surface area contributed by atoms with Gasteiger partial charge in [-0.3, -0.25) is 0 Å². The van der Waals surface area contributed by atoms with Crippen LogP contribution < -0.4 is 10.2 Å². The minimum Gasteiger partial charge on any atom is -0.368 e. The highest BCUT2D eigenvalue weighted by Crippen LogP contribution is 2.28. The molecule has 1 saturated heterocycles. The lowest BCUT2D eigenvalue weighted by atomic mass is 9.91. The van der Waals surface area contributed by atoms with Gasteiger partial charge in [0, 0.05) is 34.3 Å². The van der Waals surface area contributed by atoms with Crippen LogP contribution in [0.4, 0.5) is 5.69 Å². The lowest BCUT2D eigenvalue weighted by Gasteiger charge is -2.49. The third kappa shape index (κ3) is 3.07. The highest BCUT2D eigenvalue weighted by Gasteiger charge is 2.36. The largest absolute Gasteiger partial charge is 0.368 e. The van der Waals surface area contributed by atoms with Crippen molar-refractivity contribution in [1.29, 1.82) is 0 Å². The Bertz CT molecular complexity index is 436. The molecule has 1 N–H and O–H groups in total. The number of rotatable bonds is 1. The summed E-state index contributed by atoms with van der Waals surface area (Å²) in [5, 5.41) is 3.71. The van der Waals surface area contributed by atoms with Crippen LogP contribution in [0.1, 0.15) is 33.3 Å². The summed E-state index contributed by atoms with van der Waals surface area (Å²) in [4.78, 5) is 2.48. The summed E-state index contributed by atoms with van der Waals surface area (Å²) in [7, 11) is 0. The van der Waals surface area contributed by atoms with E-state index in [0.717, 1.165) is 13.1 Å². The quantitative estimate of drug-likeness (QED) is 0.850. The molecule has 1 aliphatic heterocycles. The highest BCUT2D eigenvalue weighted by atomic mass is 79.9. The van der Waals surface area contributed by atoms with Crippen LogP contribution in [0, 0.1) is 6.92 Å². The Kier molecular flexibility index (Phi) is 3.50. The molecule has 18 heavy (non-hydrogen) atoms. The Morgan fingerprint density at radius 1 is 1.11 bits per heavy atom. The van der Waals surface area contributed by atoms with Gasteiger partial charge in [-0.1, -0.05) is 15.9 Å². The fourth-order valence-electron chi connectivity index (χ4n) is 3.01. The van der Waals surface area contributed by atoms with Gasteiger partial charge in [-0.05, 0) is 58.4 Å². The van der Waals surface area contributed by atoms with Gasteiger partial charge in [0.2, 0.25) is 0 Å². The van der Waals surface area contributed by atoms with Crippen molar-refractivity contribution in [2.75, 3.05) is 18.0 Å². The highest BCUT2D eigenvalue weighted by molar-refractivity contribution is 9.10. The number of hydrogen-bond donors (Lipinski definition) is 1. The van der Waals surface area contributed by atoms with Gasteiger partial charge in [0.1, 0.15) is 0 Å². The van der Waals surface area contributed by atoms with Crippen LogP contribution in [-0.2, 0) is 0 Å². The molecule has 0 unspecified atom stereocenters. The number of halogens is 1. The minimum atomic E-state index is 0.142. The smallest absolute Gasteiger partial charge is 0.0370 e. The van der Waals surface area contributed by atoms with Crippen LogP contribution in [0.3, 0.4) is 0 Å². The molecule has 0 bridgehead atoms.